The molecule has 0 aliphatic rings. The maximum Gasteiger partial charge on any atom is 0.250 e. The van der Waals surface area contributed by atoms with Gasteiger partial charge in [0.15, 0.2) is 0 Å². The summed E-state index contributed by atoms with van der Waals surface area (Å²) in [5.41, 5.74) is 1.02. The summed E-state index contributed by atoms with van der Waals surface area (Å²) in [6.07, 6.45) is 3.98. The molecular formula is C12H22N2O2S3. The van der Waals surface area contributed by atoms with Crippen molar-refractivity contribution in [2.75, 3.05) is 25.1 Å². The molecule has 0 amide bonds. The van der Waals surface area contributed by atoms with E-state index in [0.717, 1.165) is 37.2 Å². The van der Waals surface area contributed by atoms with Gasteiger partial charge in [0, 0.05) is 13.1 Å². The highest BCUT2D eigenvalue weighted by atomic mass is 32.2. The van der Waals surface area contributed by atoms with Gasteiger partial charge in [0.1, 0.15) is 4.21 Å². The first-order valence-electron chi connectivity index (χ1n) is 6.37. The van der Waals surface area contributed by atoms with Crippen molar-refractivity contribution in [2.24, 2.45) is 0 Å². The van der Waals surface area contributed by atoms with Crippen molar-refractivity contribution in [2.45, 2.75) is 30.5 Å². The van der Waals surface area contributed by atoms with E-state index < -0.39 is 10.0 Å². The molecule has 0 saturated heterocycles. The Labute approximate surface area is 124 Å². The Balaban J connectivity index is 2.45. The van der Waals surface area contributed by atoms with Crippen LogP contribution >= 0.6 is 23.1 Å². The van der Waals surface area contributed by atoms with Crippen LogP contribution in [0.4, 0.5) is 0 Å². The van der Waals surface area contributed by atoms with Crippen LogP contribution in [0.25, 0.3) is 0 Å². The van der Waals surface area contributed by atoms with Crippen LogP contribution in [0.1, 0.15) is 25.3 Å². The summed E-state index contributed by atoms with van der Waals surface area (Å²) < 4.78 is 27.1. The van der Waals surface area contributed by atoms with Gasteiger partial charge < -0.3 is 5.32 Å². The molecule has 7 heteroatoms. The topological polar surface area (TPSA) is 58.2 Å². The number of hydrogen-bond donors (Lipinski definition) is 2. The van der Waals surface area contributed by atoms with E-state index in [1.807, 2.05) is 12.3 Å². The molecule has 0 bridgehead atoms. The fraction of sp³-hybridized carbons (Fsp3) is 0.667. The van der Waals surface area contributed by atoms with Crippen molar-refractivity contribution < 1.29 is 8.42 Å². The highest BCUT2D eigenvalue weighted by Crippen LogP contribution is 2.20. The molecule has 1 aromatic rings. The first-order chi connectivity index (χ1) is 9.10. The maximum atomic E-state index is 12.0. The van der Waals surface area contributed by atoms with Crippen molar-refractivity contribution in [1.29, 1.82) is 0 Å². The first kappa shape index (κ1) is 17.0. The standard InChI is InChI=1S/C12H22N2O2S3/c1-3-13-9-11-8-12(18-10-11)19(15,16)14-6-4-5-7-17-2/h8,10,13-14H,3-7,9H2,1-2H3. The number of thioether (sulfide) groups is 1. The van der Waals surface area contributed by atoms with E-state index in [1.165, 1.54) is 11.3 Å². The first-order valence-corrected chi connectivity index (χ1v) is 10.1. The molecule has 1 rings (SSSR count). The van der Waals surface area contributed by atoms with Crippen LogP contribution in [-0.4, -0.2) is 33.5 Å². The quantitative estimate of drug-likeness (QED) is 0.649. The smallest absolute Gasteiger partial charge is 0.250 e. The molecule has 4 nitrogen and oxygen atoms in total. The van der Waals surface area contributed by atoms with E-state index in [4.69, 9.17) is 0 Å². The van der Waals surface area contributed by atoms with E-state index in [1.54, 1.807) is 17.8 Å². The van der Waals surface area contributed by atoms with Gasteiger partial charge in [-0.25, -0.2) is 13.1 Å². The summed E-state index contributed by atoms with van der Waals surface area (Å²) in [7, 11) is -3.32. The summed E-state index contributed by atoms with van der Waals surface area (Å²) in [5.74, 6) is 1.08. The number of rotatable bonds is 10. The number of nitrogens with one attached hydrogen (secondary N) is 2. The second-order valence-corrected chi connectivity index (χ2v) is 8.04. The maximum absolute atomic E-state index is 12.0. The molecule has 0 spiro atoms. The Morgan fingerprint density at radius 3 is 2.84 bits per heavy atom. The van der Waals surface area contributed by atoms with Gasteiger partial charge in [-0.2, -0.15) is 11.8 Å². The summed E-state index contributed by atoms with van der Waals surface area (Å²) in [6.45, 7) is 4.14. The van der Waals surface area contributed by atoms with Crippen molar-refractivity contribution in [1.82, 2.24) is 10.0 Å². The lowest BCUT2D eigenvalue weighted by atomic mass is 10.3. The zero-order valence-electron chi connectivity index (χ0n) is 11.4. The Bertz CT molecular complexity index is 457. The van der Waals surface area contributed by atoms with Gasteiger partial charge in [-0.1, -0.05) is 6.92 Å². The molecule has 0 aromatic carbocycles. The van der Waals surface area contributed by atoms with Crippen LogP contribution in [-0.2, 0) is 16.6 Å². The fourth-order valence-electron chi connectivity index (χ4n) is 1.51. The fourth-order valence-corrected chi connectivity index (χ4v) is 4.33. The summed E-state index contributed by atoms with van der Waals surface area (Å²) in [5, 5.41) is 5.08. The lowest BCUT2D eigenvalue weighted by Crippen LogP contribution is -2.24. The van der Waals surface area contributed by atoms with E-state index >= 15 is 0 Å². The minimum Gasteiger partial charge on any atom is -0.313 e. The highest BCUT2D eigenvalue weighted by Gasteiger charge is 2.15. The molecule has 110 valence electrons. The molecule has 0 radical (unpaired) electrons. The zero-order valence-corrected chi connectivity index (χ0v) is 13.9. The molecule has 1 aromatic heterocycles. The number of hydrogen-bond acceptors (Lipinski definition) is 5. The molecule has 0 saturated carbocycles. The number of unbranched alkanes of at least 4 members (excludes halogenated alkanes) is 1. The molecule has 0 aliphatic heterocycles. The zero-order chi connectivity index (χ0) is 14.1. The van der Waals surface area contributed by atoms with Crippen LogP contribution in [0.2, 0.25) is 0 Å². The Morgan fingerprint density at radius 2 is 2.16 bits per heavy atom. The molecule has 0 fully saturated rings. The molecule has 0 unspecified atom stereocenters. The summed E-state index contributed by atoms with van der Waals surface area (Å²) in [4.78, 5) is 0. The number of thiophene rings is 1. The minimum atomic E-state index is -3.32. The summed E-state index contributed by atoms with van der Waals surface area (Å²) >= 11 is 3.07. The molecule has 19 heavy (non-hydrogen) atoms. The monoisotopic (exact) mass is 322 g/mol. The second-order valence-electron chi connectivity index (χ2n) is 4.15. The van der Waals surface area contributed by atoms with Gasteiger partial charge in [0.2, 0.25) is 10.0 Å². The van der Waals surface area contributed by atoms with E-state index in [2.05, 4.69) is 16.3 Å². The average molecular weight is 323 g/mol. The molecule has 0 aliphatic carbocycles. The van der Waals surface area contributed by atoms with Crippen molar-refractivity contribution in [3.05, 3.63) is 17.0 Å². The van der Waals surface area contributed by atoms with Gasteiger partial charge >= 0.3 is 0 Å². The third-order valence-electron chi connectivity index (χ3n) is 2.54. The average Bonchev–Trinajstić information content (AvgIpc) is 2.85. The highest BCUT2D eigenvalue weighted by molar-refractivity contribution is 7.98. The SMILES string of the molecule is CCNCc1csc(S(=O)(=O)NCCCCSC)c1. The normalized spacial score (nSPS) is 11.9. The van der Waals surface area contributed by atoms with Crippen LogP contribution in [0.15, 0.2) is 15.7 Å². The third-order valence-corrected chi connectivity index (χ3v) is 6.19. The lowest BCUT2D eigenvalue weighted by molar-refractivity contribution is 0.580. The molecule has 2 N–H and O–H groups in total. The van der Waals surface area contributed by atoms with E-state index in [0.29, 0.717) is 10.8 Å². The second kappa shape index (κ2) is 8.97. The van der Waals surface area contributed by atoms with Crippen molar-refractivity contribution >= 4 is 33.1 Å². The van der Waals surface area contributed by atoms with Gasteiger partial charge in [0.25, 0.3) is 0 Å². The van der Waals surface area contributed by atoms with Crippen LogP contribution in [0, 0.1) is 0 Å². The summed E-state index contributed by atoms with van der Waals surface area (Å²) in [6, 6.07) is 1.75. The lowest BCUT2D eigenvalue weighted by Gasteiger charge is -2.04. The molecule has 1 heterocycles. The van der Waals surface area contributed by atoms with Crippen molar-refractivity contribution in [3.8, 4) is 0 Å². The van der Waals surface area contributed by atoms with Gasteiger partial charge in [-0.3, -0.25) is 0 Å². The third kappa shape index (κ3) is 6.27. The van der Waals surface area contributed by atoms with Crippen molar-refractivity contribution in [3.63, 3.8) is 0 Å². The number of sulfonamides is 1. The van der Waals surface area contributed by atoms with E-state index in [9.17, 15) is 8.42 Å². The van der Waals surface area contributed by atoms with Gasteiger partial charge in [-0.05, 0) is 48.4 Å². The van der Waals surface area contributed by atoms with Crippen LogP contribution in [0.5, 0.6) is 0 Å². The van der Waals surface area contributed by atoms with Crippen LogP contribution in [0.3, 0.4) is 0 Å². The predicted molar refractivity (Wildman–Crippen MR) is 84.5 cm³/mol. The van der Waals surface area contributed by atoms with E-state index in [-0.39, 0.29) is 0 Å². The van der Waals surface area contributed by atoms with Gasteiger partial charge in [0.05, 0.1) is 0 Å². The predicted octanol–water partition coefficient (Wildman–Crippen LogP) is 2.28. The largest absolute Gasteiger partial charge is 0.313 e. The Hall–Kier alpha value is -0.0800. The Morgan fingerprint density at radius 1 is 1.37 bits per heavy atom. The molecular weight excluding hydrogens is 300 g/mol. The van der Waals surface area contributed by atoms with Gasteiger partial charge in [-0.15, -0.1) is 11.3 Å². The Kier molecular flexibility index (Phi) is 8.01. The minimum absolute atomic E-state index is 0.408. The molecule has 0 atom stereocenters. The van der Waals surface area contributed by atoms with Crippen LogP contribution < -0.4 is 10.0 Å².